The molecule has 0 aliphatic carbocycles. The van der Waals surface area contributed by atoms with E-state index in [4.69, 9.17) is 18.6 Å². The third kappa shape index (κ3) is 17.6. The van der Waals surface area contributed by atoms with Crippen molar-refractivity contribution in [2.75, 3.05) is 0 Å². The predicted octanol–water partition coefficient (Wildman–Crippen LogP) is -3.67. The van der Waals surface area contributed by atoms with Gasteiger partial charge in [-0.15, -0.1) is 10.2 Å². The first kappa shape index (κ1) is 10.3. The second-order valence-corrected chi connectivity index (χ2v) is 2.16. The van der Waals surface area contributed by atoms with Crippen LogP contribution in [0.2, 0.25) is 0 Å². The Morgan fingerprint density at radius 3 is 1.27 bits per heavy atom. The highest BCUT2D eigenvalue weighted by atomic mass is 35.7. The van der Waals surface area contributed by atoms with Crippen molar-refractivity contribution in [3.8, 4) is 0 Å². The van der Waals surface area contributed by atoms with Crippen molar-refractivity contribution in [2.45, 2.75) is 0 Å². The number of aromatic nitrogens is 1. The Morgan fingerprint density at radius 1 is 0.818 bits per heavy atom. The van der Waals surface area contributed by atoms with E-state index in [1.54, 1.807) is 12.4 Å². The molecule has 1 rings (SSSR count). The highest BCUT2D eigenvalue weighted by Gasteiger charge is 1.84. The summed E-state index contributed by atoms with van der Waals surface area (Å²) >= 11 is 0. The van der Waals surface area contributed by atoms with Gasteiger partial charge in [0.25, 0.3) is 0 Å². The van der Waals surface area contributed by atoms with Crippen LogP contribution in [0.1, 0.15) is 0 Å². The lowest BCUT2D eigenvalue weighted by Crippen LogP contribution is -2.68. The Balaban J connectivity index is 0.000000187. The monoisotopic (exact) mass is 178 g/mol. The molecule has 0 aliphatic rings. The minimum atomic E-state index is -4.94. The lowest BCUT2D eigenvalue weighted by molar-refractivity contribution is -2.00. The van der Waals surface area contributed by atoms with Crippen molar-refractivity contribution in [1.82, 2.24) is 4.98 Å². The van der Waals surface area contributed by atoms with Crippen molar-refractivity contribution in [2.24, 2.45) is 0 Å². The van der Waals surface area contributed by atoms with Gasteiger partial charge in [0.15, 0.2) is 0 Å². The highest BCUT2D eigenvalue weighted by Crippen LogP contribution is 1.73. The summed E-state index contributed by atoms with van der Waals surface area (Å²) < 4.78 is 34.0. The van der Waals surface area contributed by atoms with Gasteiger partial charge in [0, 0.05) is 12.4 Å². The normalized spacial score (nSPS) is 9.82. The molecule has 0 fully saturated rings. The molecule has 6 heteroatoms. The van der Waals surface area contributed by atoms with Crippen LogP contribution in [-0.4, -0.2) is 4.98 Å². The molecule has 62 valence electrons. The molecule has 0 saturated heterocycles. The van der Waals surface area contributed by atoms with E-state index in [-0.39, 0.29) is 0 Å². The summed E-state index contributed by atoms with van der Waals surface area (Å²) in [6, 6.07) is 5.72. The number of hydrogen-bond acceptors (Lipinski definition) is 5. The second-order valence-electron chi connectivity index (χ2n) is 1.40. The van der Waals surface area contributed by atoms with Crippen molar-refractivity contribution < 1.29 is 28.9 Å². The van der Waals surface area contributed by atoms with Gasteiger partial charge >= 0.3 is 0 Å². The van der Waals surface area contributed by atoms with Crippen LogP contribution in [0.25, 0.3) is 0 Å². The Kier molecular flexibility index (Phi) is 4.67. The van der Waals surface area contributed by atoms with Gasteiger partial charge in [0.2, 0.25) is 0 Å². The summed E-state index contributed by atoms with van der Waals surface area (Å²) in [5, 5.41) is 0. The fourth-order valence-electron chi connectivity index (χ4n) is 0.313. The van der Waals surface area contributed by atoms with Crippen LogP contribution in [0.5, 0.6) is 0 Å². The molecule has 11 heavy (non-hydrogen) atoms. The summed E-state index contributed by atoms with van der Waals surface area (Å²) in [5.74, 6) is 0. The van der Waals surface area contributed by atoms with Gasteiger partial charge in [-0.2, -0.15) is 0 Å². The van der Waals surface area contributed by atoms with Crippen LogP contribution in [0, 0.1) is 10.2 Å². The van der Waals surface area contributed by atoms with Crippen LogP contribution < -0.4 is 18.6 Å². The molecular formula is C5H5ClNO4-. The number of hydrogen-bond donors (Lipinski definition) is 0. The highest BCUT2D eigenvalue weighted by molar-refractivity contribution is 4.88. The maximum Gasteiger partial charge on any atom is 0.0267 e. The molecule has 0 aromatic carbocycles. The summed E-state index contributed by atoms with van der Waals surface area (Å²) in [5.41, 5.74) is 0. The first-order chi connectivity index (χ1) is 5.00. The lowest BCUT2D eigenvalue weighted by Gasteiger charge is -2.17. The zero-order chi connectivity index (χ0) is 8.74. The maximum atomic E-state index is 8.49. The summed E-state index contributed by atoms with van der Waals surface area (Å²) in [4.78, 5) is 3.78. The molecule has 0 amide bonds. The zero-order valence-corrected chi connectivity index (χ0v) is 6.10. The van der Waals surface area contributed by atoms with Crippen LogP contribution in [-0.2, 0) is 0 Å². The van der Waals surface area contributed by atoms with Crippen molar-refractivity contribution in [3.63, 3.8) is 0 Å². The van der Waals surface area contributed by atoms with Crippen LogP contribution in [0.4, 0.5) is 0 Å². The summed E-state index contributed by atoms with van der Waals surface area (Å²) in [7, 11) is -4.94. The summed E-state index contributed by atoms with van der Waals surface area (Å²) in [6.07, 6.45) is 3.50. The molecule has 0 atom stereocenters. The van der Waals surface area contributed by atoms with E-state index in [2.05, 4.69) is 4.98 Å². The predicted molar refractivity (Wildman–Crippen MR) is 24.2 cm³/mol. The summed E-state index contributed by atoms with van der Waals surface area (Å²) in [6.45, 7) is 0. The van der Waals surface area contributed by atoms with Crippen molar-refractivity contribution in [3.05, 3.63) is 30.6 Å². The van der Waals surface area contributed by atoms with Gasteiger partial charge in [-0.25, -0.2) is 18.6 Å². The minimum absolute atomic E-state index is 1.75. The standard InChI is InChI=1S/C5H5N.ClHO4/c1-2-4-6-5-3-1;2-1(3,4)5/h1-5H;(H,2,3,4,5)/p-1. The molecule has 0 bridgehead atoms. The van der Waals surface area contributed by atoms with Gasteiger partial charge in [0.1, 0.15) is 0 Å². The molecule has 1 aromatic heterocycles. The second kappa shape index (κ2) is 5.00. The van der Waals surface area contributed by atoms with Gasteiger partial charge < -0.3 is 0 Å². The fourth-order valence-corrected chi connectivity index (χ4v) is 0.313. The Morgan fingerprint density at radius 2 is 1.18 bits per heavy atom. The molecule has 0 aliphatic heterocycles. The molecule has 0 radical (unpaired) electrons. The third-order valence-electron chi connectivity index (χ3n) is 0.566. The van der Waals surface area contributed by atoms with Gasteiger partial charge in [-0.05, 0) is 12.1 Å². The lowest BCUT2D eigenvalue weighted by atomic mass is 10.5. The number of rotatable bonds is 0. The molecule has 0 spiro atoms. The van der Waals surface area contributed by atoms with Crippen molar-refractivity contribution in [1.29, 1.82) is 0 Å². The van der Waals surface area contributed by atoms with E-state index < -0.39 is 10.2 Å². The van der Waals surface area contributed by atoms with Crippen molar-refractivity contribution >= 4 is 0 Å². The largest absolute Gasteiger partial charge is 0.265 e. The van der Waals surface area contributed by atoms with E-state index in [1.807, 2.05) is 18.2 Å². The molecule has 0 saturated carbocycles. The molecule has 1 aromatic rings. The van der Waals surface area contributed by atoms with Crippen LogP contribution >= 0.6 is 0 Å². The fraction of sp³-hybridized carbons (Fsp3) is 0. The zero-order valence-electron chi connectivity index (χ0n) is 5.34. The SMILES string of the molecule is [O-][Cl+3]([O-])([O-])[O-].c1ccncc1. The number of nitrogens with zero attached hydrogens (tertiary/aromatic N) is 1. The molecule has 1 heterocycles. The average Bonchev–Trinajstić information content (AvgIpc) is 1.88. The topological polar surface area (TPSA) is 105 Å². The molecule has 0 unspecified atom stereocenters. The van der Waals surface area contributed by atoms with E-state index in [0.717, 1.165) is 0 Å². The Bertz CT molecular complexity index is 143. The first-order valence-electron chi connectivity index (χ1n) is 2.47. The third-order valence-corrected chi connectivity index (χ3v) is 0.566. The number of halogens is 1. The van der Waals surface area contributed by atoms with Gasteiger partial charge in [-0.3, -0.25) is 4.98 Å². The van der Waals surface area contributed by atoms with Crippen LogP contribution in [0.3, 0.4) is 0 Å². The van der Waals surface area contributed by atoms with E-state index in [0.29, 0.717) is 0 Å². The van der Waals surface area contributed by atoms with Gasteiger partial charge in [0.05, 0.1) is 0 Å². The van der Waals surface area contributed by atoms with Crippen LogP contribution in [0.15, 0.2) is 30.6 Å². The van der Waals surface area contributed by atoms with E-state index in [1.165, 1.54) is 0 Å². The quantitative estimate of drug-likeness (QED) is 0.407. The van der Waals surface area contributed by atoms with Gasteiger partial charge in [-0.1, -0.05) is 6.07 Å². The average molecular weight is 179 g/mol. The molecule has 5 nitrogen and oxygen atoms in total. The molecule has 0 N–H and O–H groups in total. The Hall–Kier alpha value is -0.720. The minimum Gasteiger partial charge on any atom is -0.265 e. The first-order valence-corrected chi connectivity index (χ1v) is 3.70. The Labute approximate surface area is 65.3 Å². The number of pyridine rings is 1. The smallest absolute Gasteiger partial charge is 0.0267 e. The molecular weight excluding hydrogens is 174 g/mol. The van der Waals surface area contributed by atoms with E-state index >= 15 is 0 Å². The maximum absolute atomic E-state index is 8.49. The van der Waals surface area contributed by atoms with E-state index in [9.17, 15) is 0 Å².